The van der Waals surface area contributed by atoms with E-state index in [-0.39, 0.29) is 18.2 Å². The van der Waals surface area contributed by atoms with E-state index in [1.54, 1.807) is 24.4 Å². The number of amides is 2. The number of pyridine rings is 1. The Balaban J connectivity index is 2.01. The highest BCUT2D eigenvalue weighted by molar-refractivity contribution is 6.31. The zero-order chi connectivity index (χ0) is 19.3. The maximum absolute atomic E-state index is 13.4. The quantitative estimate of drug-likeness (QED) is 0.751. The van der Waals surface area contributed by atoms with Crippen LogP contribution in [0.5, 0.6) is 0 Å². The standard InChI is InChI=1S/C20H17Cl2N3O2/c1-10(2)18-20(14-4-3-12(21)6-16(14)24-19(20)27)15(7-17(26)25-18)11-5-13(22)9-23-8-11/h3-6,8-9,15,18H,1,7H2,2H3,(H,24,27)(H,25,26)/t15-,18+,20-/m1/s1. The van der Waals surface area contributed by atoms with Gasteiger partial charge in [-0.25, -0.2) is 0 Å². The van der Waals surface area contributed by atoms with Crippen molar-refractivity contribution in [1.29, 1.82) is 0 Å². The van der Waals surface area contributed by atoms with Gasteiger partial charge in [0.1, 0.15) is 5.41 Å². The highest BCUT2D eigenvalue weighted by atomic mass is 35.5. The molecule has 3 heterocycles. The third kappa shape index (κ3) is 2.65. The van der Waals surface area contributed by atoms with E-state index in [0.717, 1.165) is 11.1 Å². The Bertz CT molecular complexity index is 991. The molecule has 1 spiro atoms. The van der Waals surface area contributed by atoms with Crippen LogP contribution in [-0.2, 0) is 15.0 Å². The van der Waals surface area contributed by atoms with Crippen LogP contribution < -0.4 is 10.6 Å². The Labute approximate surface area is 166 Å². The smallest absolute Gasteiger partial charge is 0.238 e. The SMILES string of the molecule is C=C(C)[C@@H]1NC(=O)C[C@H](c2cncc(Cl)c2)[C@@]12C(=O)Nc1cc(Cl)ccc12. The summed E-state index contributed by atoms with van der Waals surface area (Å²) in [6.07, 6.45) is 3.33. The topological polar surface area (TPSA) is 71.1 Å². The second kappa shape index (κ2) is 6.36. The Morgan fingerprint density at radius 3 is 2.70 bits per heavy atom. The molecule has 4 rings (SSSR count). The molecule has 2 amide bonds. The minimum absolute atomic E-state index is 0.140. The average Bonchev–Trinajstić information content (AvgIpc) is 2.88. The molecular formula is C20H17Cl2N3O2. The molecule has 138 valence electrons. The zero-order valence-corrected chi connectivity index (χ0v) is 16.1. The number of anilines is 1. The van der Waals surface area contributed by atoms with Gasteiger partial charge in [0.15, 0.2) is 0 Å². The number of halogens is 2. The highest BCUT2D eigenvalue weighted by Gasteiger charge is 2.60. The molecule has 3 atom stereocenters. The van der Waals surface area contributed by atoms with Crippen molar-refractivity contribution in [3.63, 3.8) is 0 Å². The van der Waals surface area contributed by atoms with Crippen molar-refractivity contribution in [2.24, 2.45) is 0 Å². The molecule has 5 nitrogen and oxygen atoms in total. The van der Waals surface area contributed by atoms with Crippen LogP contribution >= 0.6 is 23.2 Å². The maximum Gasteiger partial charge on any atom is 0.238 e. The molecule has 0 radical (unpaired) electrons. The third-order valence-corrected chi connectivity index (χ3v) is 5.81. The minimum Gasteiger partial charge on any atom is -0.348 e. The van der Waals surface area contributed by atoms with E-state index in [2.05, 4.69) is 22.2 Å². The molecule has 27 heavy (non-hydrogen) atoms. The molecule has 1 fully saturated rings. The van der Waals surface area contributed by atoms with Crippen molar-refractivity contribution >= 4 is 40.7 Å². The fourth-order valence-electron chi connectivity index (χ4n) is 4.35. The van der Waals surface area contributed by atoms with E-state index in [0.29, 0.717) is 21.3 Å². The molecule has 1 aromatic carbocycles. The van der Waals surface area contributed by atoms with E-state index in [4.69, 9.17) is 23.2 Å². The van der Waals surface area contributed by atoms with Gasteiger partial charge in [-0.2, -0.15) is 0 Å². The number of carbonyl (C=O) groups excluding carboxylic acids is 2. The van der Waals surface area contributed by atoms with Crippen molar-refractivity contribution in [1.82, 2.24) is 10.3 Å². The molecular weight excluding hydrogens is 385 g/mol. The lowest BCUT2D eigenvalue weighted by Crippen LogP contribution is -2.62. The molecule has 1 aromatic heterocycles. The number of hydrogen-bond donors (Lipinski definition) is 2. The lowest BCUT2D eigenvalue weighted by molar-refractivity contribution is -0.130. The van der Waals surface area contributed by atoms with Crippen LogP contribution in [0.25, 0.3) is 0 Å². The Hall–Kier alpha value is -2.37. The number of benzene rings is 1. The van der Waals surface area contributed by atoms with Gasteiger partial charge in [-0.05, 0) is 36.2 Å². The van der Waals surface area contributed by atoms with Gasteiger partial charge in [0.25, 0.3) is 0 Å². The van der Waals surface area contributed by atoms with Crippen LogP contribution in [0.3, 0.4) is 0 Å². The number of carbonyl (C=O) groups is 2. The van der Waals surface area contributed by atoms with Crippen LogP contribution in [0.4, 0.5) is 5.69 Å². The molecule has 0 aliphatic carbocycles. The molecule has 7 heteroatoms. The van der Waals surface area contributed by atoms with Crippen LogP contribution in [0.1, 0.15) is 30.4 Å². The predicted octanol–water partition coefficient (Wildman–Crippen LogP) is 3.83. The minimum atomic E-state index is -1.05. The first kappa shape index (κ1) is 18.0. The Morgan fingerprint density at radius 2 is 2.00 bits per heavy atom. The number of piperidine rings is 1. The highest BCUT2D eigenvalue weighted by Crippen LogP contribution is 2.54. The number of hydrogen-bond acceptors (Lipinski definition) is 3. The van der Waals surface area contributed by atoms with Gasteiger partial charge in [-0.3, -0.25) is 14.6 Å². The first-order valence-electron chi connectivity index (χ1n) is 8.50. The van der Waals surface area contributed by atoms with E-state index in [1.807, 2.05) is 13.0 Å². The fraction of sp³-hybridized carbons (Fsp3) is 0.250. The summed E-state index contributed by atoms with van der Waals surface area (Å²) in [6.45, 7) is 5.85. The fourth-order valence-corrected chi connectivity index (χ4v) is 4.71. The van der Waals surface area contributed by atoms with Crippen molar-refractivity contribution in [2.75, 3.05) is 5.32 Å². The first-order chi connectivity index (χ1) is 12.8. The number of nitrogens with one attached hydrogen (secondary N) is 2. The van der Waals surface area contributed by atoms with Crippen molar-refractivity contribution in [3.05, 3.63) is 70.0 Å². The van der Waals surface area contributed by atoms with Crippen molar-refractivity contribution in [3.8, 4) is 0 Å². The van der Waals surface area contributed by atoms with Gasteiger partial charge in [0.05, 0.1) is 11.1 Å². The lowest BCUT2D eigenvalue weighted by Gasteiger charge is -2.46. The van der Waals surface area contributed by atoms with Gasteiger partial charge >= 0.3 is 0 Å². The van der Waals surface area contributed by atoms with Gasteiger partial charge < -0.3 is 10.6 Å². The summed E-state index contributed by atoms with van der Waals surface area (Å²) >= 11 is 12.3. The van der Waals surface area contributed by atoms with Crippen molar-refractivity contribution in [2.45, 2.75) is 30.7 Å². The van der Waals surface area contributed by atoms with Crippen LogP contribution in [0.2, 0.25) is 10.0 Å². The Morgan fingerprint density at radius 1 is 1.22 bits per heavy atom. The zero-order valence-electron chi connectivity index (χ0n) is 14.6. The molecule has 1 saturated heterocycles. The van der Waals surface area contributed by atoms with Crippen LogP contribution in [-0.4, -0.2) is 22.8 Å². The monoisotopic (exact) mass is 401 g/mol. The van der Waals surface area contributed by atoms with Gasteiger partial charge in [0, 0.05) is 35.4 Å². The van der Waals surface area contributed by atoms with Gasteiger partial charge in [-0.1, -0.05) is 41.4 Å². The summed E-state index contributed by atoms with van der Waals surface area (Å²) in [5.41, 5.74) is 1.82. The van der Waals surface area contributed by atoms with Crippen LogP contribution in [0.15, 0.2) is 48.8 Å². The number of aromatic nitrogens is 1. The Kier molecular flexibility index (Phi) is 4.24. The third-order valence-electron chi connectivity index (χ3n) is 5.37. The van der Waals surface area contributed by atoms with E-state index in [1.165, 1.54) is 6.20 Å². The summed E-state index contributed by atoms with van der Waals surface area (Å²) in [5.74, 6) is -0.784. The van der Waals surface area contributed by atoms with E-state index in [9.17, 15) is 9.59 Å². The summed E-state index contributed by atoms with van der Waals surface area (Å²) < 4.78 is 0. The summed E-state index contributed by atoms with van der Waals surface area (Å²) in [6, 6.07) is 6.51. The van der Waals surface area contributed by atoms with E-state index >= 15 is 0 Å². The normalized spacial score (nSPS) is 26.5. The summed E-state index contributed by atoms with van der Waals surface area (Å²) in [5, 5.41) is 6.89. The molecule has 2 aromatic rings. The van der Waals surface area contributed by atoms with E-state index < -0.39 is 17.4 Å². The number of rotatable bonds is 2. The second-order valence-corrected chi connectivity index (χ2v) is 7.93. The number of fused-ring (bicyclic) bond motifs is 2. The molecule has 0 unspecified atom stereocenters. The van der Waals surface area contributed by atoms with Gasteiger partial charge in [-0.15, -0.1) is 0 Å². The second-order valence-electron chi connectivity index (χ2n) is 7.05. The molecule has 2 aliphatic rings. The average molecular weight is 402 g/mol. The van der Waals surface area contributed by atoms with Crippen molar-refractivity contribution < 1.29 is 9.59 Å². The van der Waals surface area contributed by atoms with Crippen LogP contribution in [0, 0.1) is 0 Å². The molecule has 0 bridgehead atoms. The summed E-state index contributed by atoms with van der Waals surface area (Å²) in [7, 11) is 0. The predicted molar refractivity (Wildman–Crippen MR) is 105 cm³/mol. The molecule has 0 saturated carbocycles. The number of nitrogens with zero attached hydrogens (tertiary/aromatic N) is 1. The first-order valence-corrected chi connectivity index (χ1v) is 9.26. The lowest BCUT2D eigenvalue weighted by atomic mass is 9.59. The largest absolute Gasteiger partial charge is 0.348 e. The van der Waals surface area contributed by atoms with Gasteiger partial charge in [0.2, 0.25) is 11.8 Å². The molecule has 2 N–H and O–H groups in total. The maximum atomic E-state index is 13.4. The summed E-state index contributed by atoms with van der Waals surface area (Å²) in [4.78, 5) is 30.1. The molecule has 2 aliphatic heterocycles.